The Labute approximate surface area is 192 Å². The van der Waals surface area contributed by atoms with E-state index in [-0.39, 0.29) is 5.04 Å². The van der Waals surface area contributed by atoms with Crippen LogP contribution in [-0.4, -0.2) is 8.32 Å². The summed E-state index contributed by atoms with van der Waals surface area (Å²) in [5, 5.41) is 22.0. The van der Waals surface area contributed by atoms with E-state index < -0.39 is 8.32 Å². The minimum Gasteiger partial charge on any atom is -0.544 e. The van der Waals surface area contributed by atoms with Crippen LogP contribution in [0.3, 0.4) is 0 Å². The molecule has 0 radical (unpaired) electrons. The van der Waals surface area contributed by atoms with Crippen molar-refractivity contribution in [1.29, 1.82) is 10.5 Å². The van der Waals surface area contributed by atoms with E-state index in [1.165, 1.54) is 0 Å². The Hall–Kier alpha value is -3.54. The second-order valence-corrected chi connectivity index (χ2v) is 14.2. The van der Waals surface area contributed by atoms with Gasteiger partial charge in [-0.1, -0.05) is 32.9 Å². The number of benzene rings is 3. The van der Waals surface area contributed by atoms with E-state index in [1.807, 2.05) is 42.5 Å². The van der Waals surface area contributed by atoms with Crippen molar-refractivity contribution in [3.63, 3.8) is 0 Å². The van der Waals surface area contributed by atoms with Gasteiger partial charge in [0.05, 0.1) is 23.3 Å². The molecule has 0 aliphatic carbocycles. The third-order valence-electron chi connectivity index (χ3n) is 6.03. The molecule has 5 heteroatoms. The molecule has 0 amide bonds. The maximum atomic E-state index is 9.57. The fourth-order valence-electron chi connectivity index (χ4n) is 3.06. The minimum absolute atomic E-state index is 0.149. The SMILES string of the molecule is CC(C)(C)[Si](C)(C)Oc1ccc(Cc2cc(Nc3ccc(C#N)cc3)ccc2C#N)cc1. The number of hydrogen-bond donors (Lipinski definition) is 1. The molecule has 0 spiro atoms. The van der Waals surface area contributed by atoms with Gasteiger partial charge >= 0.3 is 0 Å². The van der Waals surface area contributed by atoms with Crippen LogP contribution in [0.4, 0.5) is 11.4 Å². The highest BCUT2D eigenvalue weighted by atomic mass is 28.4. The molecular formula is C27H29N3OSi. The summed E-state index contributed by atoms with van der Waals surface area (Å²) in [6.07, 6.45) is 0.659. The highest BCUT2D eigenvalue weighted by Gasteiger charge is 2.38. The molecule has 3 rings (SSSR count). The Bertz CT molecular complexity index is 1160. The van der Waals surface area contributed by atoms with Crippen molar-refractivity contribution in [2.24, 2.45) is 0 Å². The number of nitrogens with zero attached hydrogens (tertiary/aromatic N) is 2. The second kappa shape index (κ2) is 9.30. The average molecular weight is 440 g/mol. The molecule has 4 nitrogen and oxygen atoms in total. The molecule has 0 unspecified atom stereocenters. The van der Waals surface area contributed by atoms with Crippen molar-refractivity contribution in [1.82, 2.24) is 0 Å². The first kappa shape index (κ1) is 23.1. The van der Waals surface area contributed by atoms with E-state index in [0.29, 0.717) is 17.5 Å². The summed E-state index contributed by atoms with van der Waals surface area (Å²) in [6, 6.07) is 25.7. The molecule has 0 aliphatic heterocycles. The van der Waals surface area contributed by atoms with Crippen molar-refractivity contribution >= 4 is 19.7 Å². The molecule has 0 aliphatic rings. The molecule has 1 N–H and O–H groups in total. The molecule has 0 heterocycles. The van der Waals surface area contributed by atoms with Crippen molar-refractivity contribution in [2.45, 2.75) is 45.3 Å². The van der Waals surface area contributed by atoms with Crippen LogP contribution in [0.25, 0.3) is 0 Å². The molecule has 3 aromatic rings. The van der Waals surface area contributed by atoms with E-state index in [9.17, 15) is 5.26 Å². The molecule has 0 saturated heterocycles. The molecule has 0 aromatic heterocycles. The van der Waals surface area contributed by atoms with Gasteiger partial charge in [-0.15, -0.1) is 0 Å². The van der Waals surface area contributed by atoms with Gasteiger partial charge in [0.2, 0.25) is 8.32 Å². The number of rotatable bonds is 6. The van der Waals surface area contributed by atoms with Crippen molar-refractivity contribution in [2.75, 3.05) is 5.32 Å². The zero-order valence-electron chi connectivity index (χ0n) is 19.4. The average Bonchev–Trinajstić information content (AvgIpc) is 2.75. The summed E-state index contributed by atoms with van der Waals surface area (Å²) < 4.78 is 6.37. The second-order valence-electron chi connectivity index (χ2n) is 9.48. The van der Waals surface area contributed by atoms with Crippen LogP contribution in [0.15, 0.2) is 66.7 Å². The highest BCUT2D eigenvalue weighted by molar-refractivity contribution is 6.74. The molecule has 0 bridgehead atoms. The lowest BCUT2D eigenvalue weighted by Crippen LogP contribution is -2.43. The Morgan fingerprint density at radius 3 is 2.03 bits per heavy atom. The molecular weight excluding hydrogens is 410 g/mol. The lowest BCUT2D eigenvalue weighted by atomic mass is 9.99. The van der Waals surface area contributed by atoms with Gasteiger partial charge in [-0.05, 0) is 90.3 Å². The number of nitriles is 2. The van der Waals surface area contributed by atoms with E-state index in [1.54, 1.807) is 12.1 Å². The maximum absolute atomic E-state index is 9.57. The van der Waals surface area contributed by atoms with E-state index in [4.69, 9.17) is 9.69 Å². The van der Waals surface area contributed by atoms with Gasteiger partial charge in [-0.2, -0.15) is 10.5 Å². The predicted molar refractivity (Wildman–Crippen MR) is 133 cm³/mol. The van der Waals surface area contributed by atoms with Crippen LogP contribution in [-0.2, 0) is 6.42 Å². The van der Waals surface area contributed by atoms with Gasteiger partial charge in [0.1, 0.15) is 5.75 Å². The number of hydrogen-bond acceptors (Lipinski definition) is 4. The lowest BCUT2D eigenvalue weighted by Gasteiger charge is -2.36. The first-order chi connectivity index (χ1) is 15.1. The van der Waals surface area contributed by atoms with E-state index in [2.05, 4.69) is 63.5 Å². The largest absolute Gasteiger partial charge is 0.544 e. The monoisotopic (exact) mass is 439 g/mol. The summed E-state index contributed by atoms with van der Waals surface area (Å²) in [4.78, 5) is 0. The van der Waals surface area contributed by atoms with Crippen LogP contribution >= 0.6 is 0 Å². The Balaban J connectivity index is 1.77. The van der Waals surface area contributed by atoms with Crippen molar-refractivity contribution < 1.29 is 4.43 Å². The van der Waals surface area contributed by atoms with Gasteiger partial charge in [0, 0.05) is 11.4 Å². The number of nitrogens with one attached hydrogen (secondary N) is 1. The van der Waals surface area contributed by atoms with Crippen LogP contribution in [0, 0.1) is 22.7 Å². The Kier molecular flexibility index (Phi) is 6.72. The summed E-state index contributed by atoms with van der Waals surface area (Å²) in [7, 11) is -1.87. The standard InChI is InChI=1S/C27H29N3OSi/c1-27(2,3)32(4,5)31-26-14-8-20(9-15-26)16-23-17-25(13-10-22(23)19-29)30-24-11-6-21(18-28)7-12-24/h6-15,17,30H,16H2,1-5H3. The zero-order valence-corrected chi connectivity index (χ0v) is 20.4. The Morgan fingerprint density at radius 1 is 0.844 bits per heavy atom. The smallest absolute Gasteiger partial charge is 0.250 e. The predicted octanol–water partition coefficient (Wildman–Crippen LogP) is 7.15. The maximum Gasteiger partial charge on any atom is 0.250 e. The summed E-state index contributed by atoms with van der Waals surface area (Å²) in [6.45, 7) is 11.2. The quantitative estimate of drug-likeness (QED) is 0.414. The van der Waals surface area contributed by atoms with Crippen LogP contribution in [0.1, 0.15) is 43.0 Å². The third kappa shape index (κ3) is 5.57. The molecule has 0 fully saturated rings. The van der Waals surface area contributed by atoms with Gasteiger partial charge in [-0.3, -0.25) is 0 Å². The normalized spacial score (nSPS) is 11.3. The van der Waals surface area contributed by atoms with Gasteiger partial charge in [0.15, 0.2) is 0 Å². The molecule has 3 aromatic carbocycles. The molecule has 162 valence electrons. The molecule has 32 heavy (non-hydrogen) atoms. The topological polar surface area (TPSA) is 68.8 Å². The first-order valence-corrected chi connectivity index (χ1v) is 13.6. The lowest BCUT2D eigenvalue weighted by molar-refractivity contribution is 0.492. The van der Waals surface area contributed by atoms with Crippen LogP contribution in [0.5, 0.6) is 5.75 Å². The van der Waals surface area contributed by atoms with Gasteiger partial charge in [-0.25, -0.2) is 0 Å². The fraction of sp³-hybridized carbons (Fsp3) is 0.259. The molecule has 0 atom stereocenters. The van der Waals surface area contributed by atoms with Crippen LogP contribution in [0.2, 0.25) is 18.1 Å². The summed E-state index contributed by atoms with van der Waals surface area (Å²) in [5.74, 6) is 0.900. The van der Waals surface area contributed by atoms with Crippen LogP contribution < -0.4 is 9.74 Å². The summed E-state index contributed by atoms with van der Waals surface area (Å²) in [5.41, 5.74) is 5.17. The number of anilines is 2. The van der Waals surface area contributed by atoms with Gasteiger partial charge < -0.3 is 9.74 Å². The fourth-order valence-corrected chi connectivity index (χ4v) is 4.10. The Morgan fingerprint density at radius 2 is 1.47 bits per heavy atom. The zero-order chi connectivity index (χ0) is 23.4. The minimum atomic E-state index is -1.87. The van der Waals surface area contributed by atoms with E-state index in [0.717, 1.165) is 28.3 Å². The third-order valence-corrected chi connectivity index (χ3v) is 10.4. The molecule has 0 saturated carbocycles. The van der Waals surface area contributed by atoms with Crippen molar-refractivity contribution in [3.05, 3.63) is 89.0 Å². The first-order valence-electron chi connectivity index (χ1n) is 10.7. The highest BCUT2D eigenvalue weighted by Crippen LogP contribution is 2.37. The summed E-state index contributed by atoms with van der Waals surface area (Å²) >= 11 is 0. The van der Waals surface area contributed by atoms with Gasteiger partial charge in [0.25, 0.3) is 0 Å². The van der Waals surface area contributed by atoms with E-state index >= 15 is 0 Å². The van der Waals surface area contributed by atoms with Crippen molar-refractivity contribution in [3.8, 4) is 17.9 Å².